The van der Waals surface area contributed by atoms with Crippen LogP contribution in [0, 0.1) is 0 Å². The van der Waals surface area contributed by atoms with Gasteiger partial charge in [-0.1, -0.05) is 12.1 Å². The molecule has 1 aliphatic rings. The SMILES string of the molecule is FC(F)(F)c1ccc(CN2CCN(I)CC2)cc1. The van der Waals surface area contributed by atoms with E-state index in [4.69, 9.17) is 0 Å². The van der Waals surface area contributed by atoms with Crippen LogP contribution < -0.4 is 0 Å². The molecule has 1 saturated heterocycles. The summed E-state index contributed by atoms with van der Waals surface area (Å²) in [6, 6.07) is 5.45. The van der Waals surface area contributed by atoms with Crippen molar-refractivity contribution in [1.29, 1.82) is 0 Å². The average molecular weight is 370 g/mol. The van der Waals surface area contributed by atoms with Crippen LogP contribution in [0.4, 0.5) is 13.2 Å². The lowest BCUT2D eigenvalue weighted by Gasteiger charge is -2.31. The fraction of sp³-hybridized carbons (Fsp3) is 0.500. The number of piperazine rings is 1. The third-order valence-corrected chi connectivity index (χ3v) is 3.97. The van der Waals surface area contributed by atoms with E-state index in [1.54, 1.807) is 12.1 Å². The van der Waals surface area contributed by atoms with E-state index in [9.17, 15) is 13.2 Å². The molecule has 0 spiro atoms. The van der Waals surface area contributed by atoms with Crippen LogP contribution >= 0.6 is 22.9 Å². The fourth-order valence-electron chi connectivity index (χ4n) is 1.94. The second-order valence-corrected chi connectivity index (χ2v) is 5.75. The Hall–Kier alpha value is -0.340. The summed E-state index contributed by atoms with van der Waals surface area (Å²) < 4.78 is 39.4. The van der Waals surface area contributed by atoms with E-state index in [1.165, 1.54) is 0 Å². The lowest BCUT2D eigenvalue weighted by atomic mass is 10.1. The van der Waals surface area contributed by atoms with Crippen LogP contribution in [0.25, 0.3) is 0 Å². The maximum atomic E-state index is 12.4. The van der Waals surface area contributed by atoms with Gasteiger partial charge in [-0.25, -0.2) is 3.11 Å². The van der Waals surface area contributed by atoms with Crippen LogP contribution in [0.3, 0.4) is 0 Å². The Morgan fingerprint density at radius 2 is 1.56 bits per heavy atom. The minimum absolute atomic E-state index is 0.580. The molecule has 2 nitrogen and oxygen atoms in total. The molecule has 0 radical (unpaired) electrons. The van der Waals surface area contributed by atoms with Crippen LogP contribution in [0.15, 0.2) is 24.3 Å². The molecule has 1 heterocycles. The summed E-state index contributed by atoms with van der Waals surface area (Å²) in [7, 11) is 0. The Morgan fingerprint density at radius 1 is 1.00 bits per heavy atom. The lowest BCUT2D eigenvalue weighted by Crippen LogP contribution is -2.41. The Kier molecular flexibility index (Phi) is 4.50. The maximum absolute atomic E-state index is 12.4. The largest absolute Gasteiger partial charge is 0.416 e. The van der Waals surface area contributed by atoms with Gasteiger partial charge in [-0.05, 0) is 17.7 Å². The molecule has 100 valence electrons. The monoisotopic (exact) mass is 370 g/mol. The number of hydrogen-bond donors (Lipinski definition) is 0. The van der Waals surface area contributed by atoms with Crippen molar-refractivity contribution in [2.24, 2.45) is 0 Å². The van der Waals surface area contributed by atoms with Crippen molar-refractivity contribution in [2.75, 3.05) is 26.2 Å². The molecule has 18 heavy (non-hydrogen) atoms. The molecule has 1 fully saturated rings. The van der Waals surface area contributed by atoms with Crippen molar-refractivity contribution < 1.29 is 13.2 Å². The van der Waals surface area contributed by atoms with E-state index in [0.29, 0.717) is 0 Å². The molecule has 0 atom stereocenters. The van der Waals surface area contributed by atoms with E-state index < -0.39 is 11.7 Å². The first-order valence-electron chi connectivity index (χ1n) is 5.74. The topological polar surface area (TPSA) is 6.48 Å². The zero-order valence-electron chi connectivity index (χ0n) is 9.75. The minimum atomic E-state index is -4.24. The Morgan fingerprint density at radius 3 is 2.06 bits per heavy atom. The van der Waals surface area contributed by atoms with E-state index in [0.717, 1.165) is 50.4 Å². The minimum Gasteiger partial charge on any atom is -0.296 e. The van der Waals surface area contributed by atoms with E-state index in [-0.39, 0.29) is 0 Å². The van der Waals surface area contributed by atoms with Crippen molar-refractivity contribution in [1.82, 2.24) is 8.01 Å². The third-order valence-electron chi connectivity index (χ3n) is 3.01. The molecule has 6 heteroatoms. The number of nitrogens with zero attached hydrogens (tertiary/aromatic N) is 2. The first-order valence-corrected chi connectivity index (χ1v) is 6.71. The molecule has 0 aliphatic carbocycles. The Bertz CT molecular complexity index is 383. The Balaban J connectivity index is 1.94. The van der Waals surface area contributed by atoms with Crippen molar-refractivity contribution in [3.8, 4) is 0 Å². The molecule has 1 aromatic carbocycles. The molecular weight excluding hydrogens is 356 g/mol. The molecule has 0 amide bonds. The molecule has 2 rings (SSSR count). The van der Waals surface area contributed by atoms with Crippen molar-refractivity contribution >= 4 is 22.9 Å². The highest BCUT2D eigenvalue weighted by Crippen LogP contribution is 2.29. The van der Waals surface area contributed by atoms with Gasteiger partial charge in [-0.3, -0.25) is 4.90 Å². The van der Waals surface area contributed by atoms with Gasteiger partial charge in [-0.15, -0.1) is 0 Å². The summed E-state index contributed by atoms with van der Waals surface area (Å²) in [6.45, 7) is 4.65. The van der Waals surface area contributed by atoms with Crippen molar-refractivity contribution in [2.45, 2.75) is 12.7 Å². The standard InChI is InChI=1S/C12H14F3IN2/c13-12(14,15)11-3-1-10(2-4-11)9-17-5-7-18(16)8-6-17/h1-4H,5-9H2. The van der Waals surface area contributed by atoms with Crippen LogP contribution in [0.5, 0.6) is 0 Å². The summed E-state index contributed by atoms with van der Waals surface area (Å²) in [5.41, 5.74) is 0.355. The first-order chi connectivity index (χ1) is 8.45. The summed E-state index contributed by atoms with van der Waals surface area (Å²) in [6.07, 6.45) is -4.24. The van der Waals surface area contributed by atoms with Gasteiger partial charge in [0.05, 0.1) is 5.56 Å². The highest BCUT2D eigenvalue weighted by molar-refractivity contribution is 14.1. The van der Waals surface area contributed by atoms with Gasteiger partial charge in [0.1, 0.15) is 0 Å². The molecule has 1 aromatic rings. The average Bonchev–Trinajstić information content (AvgIpc) is 2.32. The quantitative estimate of drug-likeness (QED) is 0.583. The molecule has 0 aromatic heterocycles. The summed E-state index contributed by atoms with van der Waals surface area (Å²) >= 11 is 2.29. The van der Waals surface area contributed by atoms with Crippen LogP contribution in [0.2, 0.25) is 0 Å². The predicted molar refractivity (Wildman–Crippen MR) is 72.3 cm³/mol. The van der Waals surface area contributed by atoms with Crippen molar-refractivity contribution in [3.05, 3.63) is 35.4 Å². The number of alkyl halides is 3. The molecule has 0 saturated carbocycles. The number of rotatable bonds is 2. The van der Waals surface area contributed by atoms with Gasteiger partial charge in [0.25, 0.3) is 0 Å². The number of hydrogen-bond acceptors (Lipinski definition) is 2. The number of halogens is 4. The van der Waals surface area contributed by atoms with Gasteiger partial charge in [0.15, 0.2) is 0 Å². The normalized spacial score (nSPS) is 19.1. The summed E-state index contributed by atoms with van der Waals surface area (Å²) in [5.74, 6) is 0. The van der Waals surface area contributed by atoms with E-state index >= 15 is 0 Å². The molecule has 0 N–H and O–H groups in total. The van der Waals surface area contributed by atoms with Gasteiger partial charge in [0, 0.05) is 55.6 Å². The lowest BCUT2D eigenvalue weighted by molar-refractivity contribution is -0.137. The highest BCUT2D eigenvalue weighted by Gasteiger charge is 2.30. The summed E-state index contributed by atoms with van der Waals surface area (Å²) in [4.78, 5) is 2.26. The molecule has 0 unspecified atom stereocenters. The zero-order valence-corrected chi connectivity index (χ0v) is 11.9. The van der Waals surface area contributed by atoms with Crippen LogP contribution in [-0.4, -0.2) is 34.2 Å². The second-order valence-electron chi connectivity index (χ2n) is 4.38. The molecular formula is C12H14F3IN2. The fourth-order valence-corrected chi connectivity index (χ4v) is 2.37. The van der Waals surface area contributed by atoms with Crippen molar-refractivity contribution in [3.63, 3.8) is 0 Å². The smallest absolute Gasteiger partial charge is 0.296 e. The summed E-state index contributed by atoms with van der Waals surface area (Å²) in [5, 5.41) is 0. The van der Waals surface area contributed by atoms with Crippen LogP contribution in [0.1, 0.15) is 11.1 Å². The van der Waals surface area contributed by atoms with Gasteiger partial charge < -0.3 is 0 Å². The van der Waals surface area contributed by atoms with Gasteiger partial charge in [-0.2, -0.15) is 13.2 Å². The second kappa shape index (κ2) is 5.75. The first kappa shape index (κ1) is 14.1. The van der Waals surface area contributed by atoms with Gasteiger partial charge >= 0.3 is 6.18 Å². The Labute approximate surface area is 118 Å². The highest BCUT2D eigenvalue weighted by atomic mass is 127. The maximum Gasteiger partial charge on any atom is 0.416 e. The van der Waals surface area contributed by atoms with E-state index in [1.807, 2.05) is 0 Å². The molecule has 0 bridgehead atoms. The van der Waals surface area contributed by atoms with Crippen LogP contribution in [-0.2, 0) is 12.7 Å². The molecule has 1 aliphatic heterocycles. The van der Waals surface area contributed by atoms with E-state index in [2.05, 4.69) is 30.9 Å². The number of benzene rings is 1. The van der Waals surface area contributed by atoms with Gasteiger partial charge in [0.2, 0.25) is 0 Å². The third kappa shape index (κ3) is 3.83. The predicted octanol–water partition coefficient (Wildman–Crippen LogP) is 3.17. The zero-order chi connectivity index (χ0) is 13.2.